The third-order valence-corrected chi connectivity index (χ3v) is 3.50. The maximum Gasteiger partial charge on any atom is 0.346 e. The van der Waals surface area contributed by atoms with Crippen molar-refractivity contribution in [3.8, 4) is 5.75 Å². The summed E-state index contributed by atoms with van der Waals surface area (Å²) < 4.78 is 11.1. The average Bonchev–Trinajstić information content (AvgIpc) is 2.92. The number of halogens is 1. The molecule has 1 unspecified atom stereocenters. The van der Waals surface area contributed by atoms with Crippen molar-refractivity contribution in [2.75, 3.05) is 11.4 Å². The van der Waals surface area contributed by atoms with Crippen LogP contribution in [0.2, 0.25) is 0 Å². The summed E-state index contributed by atoms with van der Waals surface area (Å²) in [6, 6.07) is 9.93. The Kier molecular flexibility index (Phi) is 3.42. The molecule has 1 aliphatic heterocycles. The molecule has 1 atom stereocenters. The third kappa shape index (κ3) is 2.52. The van der Waals surface area contributed by atoms with E-state index in [4.69, 9.17) is 14.3 Å². The Morgan fingerprint density at radius 1 is 1.24 bits per heavy atom. The Morgan fingerprint density at radius 2 is 2.00 bits per heavy atom. The molecule has 0 saturated heterocycles. The molecule has 21 heavy (non-hydrogen) atoms. The monoisotopic (exact) mass is 351 g/mol. The van der Waals surface area contributed by atoms with Gasteiger partial charge in [0, 0.05) is 0 Å². The topological polar surface area (TPSA) is 80.0 Å². The molecular weight excluding hydrogens is 342 g/mol. The number of ether oxygens (including phenoxy) is 1. The van der Waals surface area contributed by atoms with Crippen molar-refractivity contribution >= 4 is 33.5 Å². The van der Waals surface area contributed by atoms with Gasteiger partial charge in [0.25, 0.3) is 5.91 Å². The smallest absolute Gasteiger partial charge is 0.346 e. The second-order valence-electron chi connectivity index (χ2n) is 4.43. The predicted octanol–water partition coefficient (Wildman–Crippen LogP) is 2.53. The Hall–Kier alpha value is -2.28. The number of hydrogen-bond donors (Lipinski definition) is 1. The van der Waals surface area contributed by atoms with E-state index in [1.165, 1.54) is 11.0 Å². The number of amides is 1. The van der Waals surface area contributed by atoms with E-state index >= 15 is 0 Å². The van der Waals surface area contributed by atoms with Crippen molar-refractivity contribution in [1.82, 2.24) is 0 Å². The van der Waals surface area contributed by atoms with Crippen LogP contribution in [0.25, 0.3) is 0 Å². The van der Waals surface area contributed by atoms with Gasteiger partial charge in [-0.2, -0.15) is 0 Å². The molecule has 108 valence electrons. The third-order valence-electron chi connectivity index (χ3n) is 3.08. The number of carboxylic acids is 1. The molecule has 0 aliphatic carbocycles. The molecule has 1 aliphatic rings. The molecule has 0 spiro atoms. The van der Waals surface area contributed by atoms with Crippen molar-refractivity contribution < 1.29 is 23.8 Å². The molecule has 7 heteroatoms. The highest BCUT2D eigenvalue weighted by Gasteiger charge is 2.34. The summed E-state index contributed by atoms with van der Waals surface area (Å²) in [5.74, 6) is -1.05. The van der Waals surface area contributed by atoms with Crippen molar-refractivity contribution in [2.24, 2.45) is 0 Å². The minimum atomic E-state index is -1.12. The maximum atomic E-state index is 12.5. The van der Waals surface area contributed by atoms with Crippen LogP contribution in [0, 0.1) is 0 Å². The van der Waals surface area contributed by atoms with Crippen LogP contribution in [0.5, 0.6) is 5.75 Å². The number of nitrogens with zero attached hydrogens (tertiary/aromatic N) is 1. The number of rotatable bonds is 2. The second-order valence-corrected chi connectivity index (χ2v) is 5.21. The van der Waals surface area contributed by atoms with Gasteiger partial charge in [0.15, 0.2) is 10.4 Å². The van der Waals surface area contributed by atoms with Crippen LogP contribution in [0.1, 0.15) is 10.6 Å². The molecule has 0 bridgehead atoms. The van der Waals surface area contributed by atoms with Crippen LogP contribution in [-0.2, 0) is 4.79 Å². The fourth-order valence-electron chi connectivity index (χ4n) is 2.12. The van der Waals surface area contributed by atoms with Crippen LogP contribution in [0.3, 0.4) is 0 Å². The van der Waals surface area contributed by atoms with Gasteiger partial charge in [-0.1, -0.05) is 12.1 Å². The molecular formula is C14H10BrNO5. The van der Waals surface area contributed by atoms with Crippen molar-refractivity contribution in [3.63, 3.8) is 0 Å². The van der Waals surface area contributed by atoms with Gasteiger partial charge in [-0.25, -0.2) is 4.79 Å². The summed E-state index contributed by atoms with van der Waals surface area (Å²) in [6.45, 7) is -0.0799. The molecule has 1 N–H and O–H groups in total. The number of benzene rings is 1. The first-order chi connectivity index (χ1) is 10.1. The number of carbonyl (C=O) groups excluding carboxylic acids is 1. The number of carboxylic acid groups (broad SMARTS) is 1. The quantitative estimate of drug-likeness (QED) is 0.899. The van der Waals surface area contributed by atoms with Crippen molar-refractivity contribution in [3.05, 3.63) is 46.8 Å². The van der Waals surface area contributed by atoms with E-state index in [1.807, 2.05) is 0 Å². The molecule has 2 aromatic rings. The highest BCUT2D eigenvalue weighted by molar-refractivity contribution is 9.10. The van der Waals surface area contributed by atoms with E-state index in [9.17, 15) is 9.59 Å². The van der Waals surface area contributed by atoms with Gasteiger partial charge < -0.3 is 14.3 Å². The van der Waals surface area contributed by atoms with Gasteiger partial charge in [-0.3, -0.25) is 9.69 Å². The fourth-order valence-corrected chi connectivity index (χ4v) is 2.42. The van der Waals surface area contributed by atoms with Crippen LogP contribution < -0.4 is 9.64 Å². The number of para-hydroxylation sites is 2. The van der Waals surface area contributed by atoms with Gasteiger partial charge >= 0.3 is 5.97 Å². The first-order valence-corrected chi connectivity index (χ1v) is 6.91. The predicted molar refractivity (Wildman–Crippen MR) is 76.6 cm³/mol. The van der Waals surface area contributed by atoms with Crippen LogP contribution >= 0.6 is 15.9 Å². The minimum absolute atomic E-state index is 0.0799. The van der Waals surface area contributed by atoms with E-state index < -0.39 is 18.0 Å². The number of furan rings is 1. The standard InChI is InChI=1S/C14H10BrNO5/c15-12-6-5-10(21-12)13(17)16-7-11(14(18)19)20-9-4-2-1-3-8(9)16/h1-6,11H,7H2,(H,18,19). The van der Waals surface area contributed by atoms with Gasteiger partial charge in [-0.05, 0) is 40.2 Å². The van der Waals surface area contributed by atoms with E-state index in [0.29, 0.717) is 16.1 Å². The van der Waals surface area contributed by atoms with Crippen molar-refractivity contribution in [1.29, 1.82) is 0 Å². The number of anilines is 1. The first-order valence-electron chi connectivity index (χ1n) is 6.12. The molecule has 6 nitrogen and oxygen atoms in total. The number of fused-ring (bicyclic) bond motifs is 1. The second kappa shape index (κ2) is 5.25. The Balaban J connectivity index is 2.00. The summed E-state index contributed by atoms with van der Waals surface area (Å²) in [5.41, 5.74) is 0.521. The van der Waals surface area contributed by atoms with E-state index in [-0.39, 0.29) is 12.3 Å². The molecule has 1 amide bonds. The average molecular weight is 352 g/mol. The van der Waals surface area contributed by atoms with Crippen molar-refractivity contribution in [2.45, 2.75) is 6.10 Å². The minimum Gasteiger partial charge on any atom is -0.478 e. The Morgan fingerprint density at radius 3 is 2.67 bits per heavy atom. The molecule has 0 radical (unpaired) electrons. The fraction of sp³-hybridized carbons (Fsp3) is 0.143. The maximum absolute atomic E-state index is 12.5. The van der Waals surface area contributed by atoms with E-state index in [0.717, 1.165) is 0 Å². The number of hydrogen-bond acceptors (Lipinski definition) is 4. The summed E-state index contributed by atoms with van der Waals surface area (Å²) >= 11 is 3.14. The molecule has 0 fully saturated rings. The summed E-state index contributed by atoms with van der Waals surface area (Å²) in [4.78, 5) is 25.0. The summed E-state index contributed by atoms with van der Waals surface area (Å²) in [7, 11) is 0. The zero-order chi connectivity index (χ0) is 15.0. The lowest BCUT2D eigenvalue weighted by atomic mass is 10.1. The van der Waals surface area contributed by atoms with E-state index in [1.54, 1.807) is 30.3 Å². The Bertz CT molecular complexity index is 711. The Labute approximate surface area is 128 Å². The molecule has 0 saturated carbocycles. The molecule has 2 heterocycles. The van der Waals surface area contributed by atoms with Crippen LogP contribution in [0.15, 0.2) is 45.5 Å². The van der Waals surface area contributed by atoms with Gasteiger partial charge in [0.2, 0.25) is 6.10 Å². The summed E-state index contributed by atoms with van der Waals surface area (Å²) in [5, 5.41) is 9.14. The van der Waals surface area contributed by atoms with Gasteiger partial charge in [0.1, 0.15) is 5.75 Å². The summed E-state index contributed by atoms with van der Waals surface area (Å²) in [6.07, 6.45) is -1.11. The molecule has 1 aromatic heterocycles. The zero-order valence-electron chi connectivity index (χ0n) is 10.7. The lowest BCUT2D eigenvalue weighted by Crippen LogP contribution is -2.47. The highest BCUT2D eigenvalue weighted by Crippen LogP contribution is 2.34. The van der Waals surface area contributed by atoms with Crippen LogP contribution in [0.4, 0.5) is 5.69 Å². The normalized spacial score (nSPS) is 17.0. The van der Waals surface area contributed by atoms with Gasteiger partial charge in [-0.15, -0.1) is 0 Å². The largest absolute Gasteiger partial charge is 0.478 e. The van der Waals surface area contributed by atoms with Crippen LogP contribution in [-0.4, -0.2) is 29.6 Å². The zero-order valence-corrected chi connectivity index (χ0v) is 12.2. The number of carbonyl (C=O) groups is 2. The molecule has 3 rings (SSSR count). The lowest BCUT2D eigenvalue weighted by Gasteiger charge is -2.32. The van der Waals surface area contributed by atoms with Gasteiger partial charge in [0.05, 0.1) is 12.2 Å². The SMILES string of the molecule is O=C(O)C1CN(C(=O)c2ccc(Br)o2)c2ccccc2O1. The highest BCUT2D eigenvalue weighted by atomic mass is 79.9. The first kappa shape index (κ1) is 13.7. The molecule has 1 aromatic carbocycles. The lowest BCUT2D eigenvalue weighted by molar-refractivity contribution is -0.144. The number of aliphatic carboxylic acids is 1. The van der Waals surface area contributed by atoms with E-state index in [2.05, 4.69) is 15.9 Å².